The molecule has 0 aromatic rings. The molecule has 0 amide bonds. The molecular weight excluding hydrogens is 321 g/mol. The van der Waals surface area contributed by atoms with Crippen LogP contribution < -0.4 is 0 Å². The first kappa shape index (κ1) is 21.0. The van der Waals surface area contributed by atoms with Crippen LogP contribution in [0.25, 0.3) is 0 Å². The number of carbonyl (C=O) groups excluding carboxylic acids is 1. The van der Waals surface area contributed by atoms with Gasteiger partial charge in [-0.05, 0) is 18.8 Å². The number of carbonyl (C=O) groups is 1. The maximum Gasteiger partial charge on any atom is 0.460 e. The van der Waals surface area contributed by atoms with E-state index in [2.05, 4.69) is 4.74 Å². The molecule has 2 unspecified atom stereocenters. The molecule has 0 saturated heterocycles. The van der Waals surface area contributed by atoms with Crippen LogP contribution in [0.5, 0.6) is 0 Å². The minimum atomic E-state index is -6.45. The van der Waals surface area contributed by atoms with Crippen molar-refractivity contribution in [3.63, 3.8) is 0 Å². The molecule has 0 aliphatic carbocycles. The molecule has 0 aliphatic rings. The zero-order valence-electron chi connectivity index (χ0n) is 12.6. The Morgan fingerprint density at radius 1 is 1.00 bits per heavy atom. The second kappa shape index (κ2) is 7.04. The van der Waals surface area contributed by atoms with Crippen molar-refractivity contribution in [2.75, 3.05) is 0 Å². The molecule has 0 spiro atoms. The van der Waals surface area contributed by atoms with Gasteiger partial charge in [-0.2, -0.15) is 30.7 Å². The topological polar surface area (TPSA) is 26.3 Å². The van der Waals surface area contributed by atoms with Crippen LogP contribution in [0.15, 0.2) is 0 Å². The van der Waals surface area contributed by atoms with E-state index in [1.165, 1.54) is 27.7 Å². The fourth-order valence-electron chi connectivity index (χ4n) is 1.51. The number of halogens is 7. The summed E-state index contributed by atoms with van der Waals surface area (Å²) < 4.78 is 94.5. The lowest BCUT2D eigenvalue weighted by atomic mass is 9.96. The van der Waals surface area contributed by atoms with Crippen molar-refractivity contribution in [2.45, 2.75) is 64.7 Å². The molecule has 0 aromatic carbocycles. The minimum absolute atomic E-state index is 0.175. The van der Waals surface area contributed by atoms with Gasteiger partial charge in [0.05, 0.1) is 5.92 Å². The van der Waals surface area contributed by atoms with Crippen LogP contribution in [0, 0.1) is 11.8 Å². The average molecular weight is 340 g/mol. The van der Waals surface area contributed by atoms with Crippen LogP contribution in [0.4, 0.5) is 30.7 Å². The lowest BCUT2D eigenvalue weighted by molar-refractivity contribution is -0.372. The molecule has 0 aliphatic heterocycles. The molecule has 0 bridgehead atoms. The smallest absolute Gasteiger partial charge is 0.455 e. The number of rotatable bonds is 7. The molecular formula is C13H19F7O2. The predicted octanol–water partition coefficient (Wildman–Crippen LogP) is 4.82. The zero-order chi connectivity index (χ0) is 17.9. The van der Waals surface area contributed by atoms with Crippen molar-refractivity contribution >= 4 is 5.97 Å². The third-order valence-electron chi connectivity index (χ3n) is 3.14. The highest BCUT2D eigenvalue weighted by atomic mass is 19.4. The van der Waals surface area contributed by atoms with Gasteiger partial charge in [0.15, 0.2) is 6.10 Å². The Kier molecular flexibility index (Phi) is 6.71. The summed E-state index contributed by atoms with van der Waals surface area (Å²) in [5.74, 6) is -14.6. The van der Waals surface area contributed by atoms with Crippen LogP contribution in [0.3, 0.4) is 0 Å². The summed E-state index contributed by atoms with van der Waals surface area (Å²) in [4.78, 5) is 11.5. The first-order valence-electron chi connectivity index (χ1n) is 6.71. The standard InChI is InChI=1S/C13H19F7O2/c1-5-8(4)10(21)22-9(6-7(2)3)11(14,15)12(16,17)13(18,19)20/h7-9H,5-6H2,1-4H3. The fourth-order valence-corrected chi connectivity index (χ4v) is 1.51. The maximum absolute atomic E-state index is 13.7. The van der Waals surface area contributed by atoms with Gasteiger partial charge in [0.25, 0.3) is 0 Å². The Morgan fingerprint density at radius 3 is 1.77 bits per heavy atom. The zero-order valence-corrected chi connectivity index (χ0v) is 12.6. The van der Waals surface area contributed by atoms with Crippen molar-refractivity contribution in [1.82, 2.24) is 0 Å². The van der Waals surface area contributed by atoms with E-state index in [1.807, 2.05) is 0 Å². The van der Waals surface area contributed by atoms with Gasteiger partial charge >= 0.3 is 24.0 Å². The summed E-state index contributed by atoms with van der Waals surface area (Å²) in [5, 5.41) is 0. The van der Waals surface area contributed by atoms with E-state index in [1.54, 1.807) is 0 Å². The third-order valence-corrected chi connectivity index (χ3v) is 3.14. The van der Waals surface area contributed by atoms with Gasteiger partial charge in [0.1, 0.15) is 0 Å². The van der Waals surface area contributed by atoms with Gasteiger partial charge in [-0.25, -0.2) is 0 Å². The number of alkyl halides is 7. The third kappa shape index (κ3) is 4.49. The van der Waals surface area contributed by atoms with E-state index < -0.39 is 48.4 Å². The summed E-state index contributed by atoms with van der Waals surface area (Å²) in [6, 6.07) is 0. The van der Waals surface area contributed by atoms with Crippen LogP contribution >= 0.6 is 0 Å². The van der Waals surface area contributed by atoms with Gasteiger partial charge in [-0.15, -0.1) is 0 Å². The molecule has 2 atom stereocenters. The molecule has 0 heterocycles. The Morgan fingerprint density at radius 2 is 1.45 bits per heavy atom. The van der Waals surface area contributed by atoms with E-state index in [0.717, 1.165) is 0 Å². The lowest BCUT2D eigenvalue weighted by Gasteiger charge is -2.34. The highest BCUT2D eigenvalue weighted by Gasteiger charge is 2.76. The van der Waals surface area contributed by atoms with Crippen molar-refractivity contribution < 1.29 is 40.3 Å². The monoisotopic (exact) mass is 340 g/mol. The van der Waals surface area contributed by atoms with Gasteiger partial charge < -0.3 is 4.74 Å². The van der Waals surface area contributed by atoms with Gasteiger partial charge in [0.2, 0.25) is 0 Å². The number of ether oxygens (including phenoxy) is 1. The van der Waals surface area contributed by atoms with Crippen LogP contribution in [0.1, 0.15) is 40.5 Å². The number of esters is 1. The lowest BCUT2D eigenvalue weighted by Crippen LogP contribution is -2.59. The Labute approximate surface area is 124 Å². The molecule has 22 heavy (non-hydrogen) atoms. The van der Waals surface area contributed by atoms with E-state index in [4.69, 9.17) is 0 Å². The summed E-state index contributed by atoms with van der Waals surface area (Å²) in [6.45, 7) is 5.50. The average Bonchev–Trinajstić information content (AvgIpc) is 2.34. The van der Waals surface area contributed by atoms with Crippen molar-refractivity contribution in [3.8, 4) is 0 Å². The minimum Gasteiger partial charge on any atom is -0.455 e. The van der Waals surface area contributed by atoms with E-state index in [0.29, 0.717) is 0 Å². The van der Waals surface area contributed by atoms with Gasteiger partial charge in [0, 0.05) is 0 Å². The molecule has 132 valence electrons. The summed E-state index contributed by atoms with van der Waals surface area (Å²) in [7, 11) is 0. The Bertz CT molecular complexity index is 377. The largest absolute Gasteiger partial charge is 0.460 e. The van der Waals surface area contributed by atoms with Crippen LogP contribution in [-0.4, -0.2) is 30.1 Å². The summed E-state index contributed by atoms with van der Waals surface area (Å²) >= 11 is 0. The maximum atomic E-state index is 13.7. The second-order valence-corrected chi connectivity index (χ2v) is 5.56. The van der Waals surface area contributed by atoms with E-state index in [9.17, 15) is 35.5 Å². The first-order chi connectivity index (χ1) is 9.68. The predicted molar refractivity (Wildman–Crippen MR) is 64.7 cm³/mol. The highest BCUT2D eigenvalue weighted by Crippen LogP contribution is 2.49. The molecule has 2 nitrogen and oxygen atoms in total. The molecule has 9 heteroatoms. The van der Waals surface area contributed by atoms with Crippen molar-refractivity contribution in [3.05, 3.63) is 0 Å². The molecule has 0 radical (unpaired) electrons. The SMILES string of the molecule is CCC(C)C(=O)OC(CC(C)C)C(F)(F)C(F)(F)C(F)(F)F. The van der Waals surface area contributed by atoms with Gasteiger partial charge in [-0.1, -0.05) is 27.7 Å². The summed E-state index contributed by atoms with van der Waals surface area (Å²) in [6.07, 6.45) is -9.95. The Hall–Kier alpha value is -1.02. The van der Waals surface area contributed by atoms with Crippen LogP contribution in [0.2, 0.25) is 0 Å². The molecule has 0 N–H and O–H groups in total. The molecule has 0 saturated carbocycles. The summed E-state index contributed by atoms with van der Waals surface area (Å²) in [5.41, 5.74) is 0. The number of hydrogen-bond donors (Lipinski definition) is 0. The van der Waals surface area contributed by atoms with Crippen molar-refractivity contribution in [1.29, 1.82) is 0 Å². The molecule has 0 rings (SSSR count). The van der Waals surface area contributed by atoms with Crippen molar-refractivity contribution in [2.24, 2.45) is 11.8 Å². The second-order valence-electron chi connectivity index (χ2n) is 5.56. The van der Waals surface area contributed by atoms with Gasteiger partial charge in [-0.3, -0.25) is 4.79 Å². The van der Waals surface area contributed by atoms with Crippen LogP contribution in [-0.2, 0) is 9.53 Å². The Balaban J connectivity index is 5.54. The molecule has 0 fully saturated rings. The van der Waals surface area contributed by atoms with E-state index in [-0.39, 0.29) is 6.42 Å². The van der Waals surface area contributed by atoms with E-state index >= 15 is 0 Å². The quantitative estimate of drug-likeness (QED) is 0.490. The number of hydrogen-bond acceptors (Lipinski definition) is 2. The first-order valence-corrected chi connectivity index (χ1v) is 6.71. The molecule has 0 aromatic heterocycles. The highest BCUT2D eigenvalue weighted by molar-refractivity contribution is 5.72. The normalized spacial score (nSPS) is 16.5. The fraction of sp³-hybridized carbons (Fsp3) is 0.923.